The largest absolute Gasteiger partial charge is 0.372 e. The number of nitrogens with zero attached hydrogens (tertiary/aromatic N) is 1. The molecule has 4 nitrogen and oxygen atoms in total. The normalized spacial score (nSPS) is 14.1. The van der Waals surface area contributed by atoms with Crippen molar-refractivity contribution in [3.8, 4) is 0 Å². The molecule has 136 valence electrons. The van der Waals surface area contributed by atoms with E-state index in [4.69, 9.17) is 0 Å². The summed E-state index contributed by atoms with van der Waals surface area (Å²) in [6.45, 7) is 3.82. The van der Waals surface area contributed by atoms with E-state index in [-0.39, 0.29) is 11.7 Å². The first kappa shape index (κ1) is 18.2. The van der Waals surface area contributed by atoms with Gasteiger partial charge in [0.05, 0.1) is 0 Å². The summed E-state index contributed by atoms with van der Waals surface area (Å²) in [6, 6.07) is 15.6. The van der Waals surface area contributed by atoms with Crippen molar-refractivity contribution in [1.82, 2.24) is 0 Å². The molecule has 1 aliphatic rings. The van der Waals surface area contributed by atoms with Crippen LogP contribution in [-0.4, -0.2) is 24.8 Å². The van der Waals surface area contributed by atoms with Gasteiger partial charge in [-0.2, -0.15) is 0 Å². The third-order valence-corrected chi connectivity index (χ3v) is 4.87. The number of anilines is 2. The van der Waals surface area contributed by atoms with Gasteiger partial charge in [-0.3, -0.25) is 9.59 Å². The Morgan fingerprint density at radius 1 is 0.923 bits per heavy atom. The Bertz CT molecular complexity index is 745. The molecule has 2 aromatic carbocycles. The first-order valence-electron chi connectivity index (χ1n) is 9.36. The summed E-state index contributed by atoms with van der Waals surface area (Å²) in [4.78, 5) is 25.8. The third kappa shape index (κ3) is 4.94. The second-order valence-electron chi connectivity index (χ2n) is 6.90. The average Bonchev–Trinajstić information content (AvgIpc) is 2.68. The highest BCUT2D eigenvalue weighted by Gasteiger charge is 2.11. The van der Waals surface area contributed by atoms with Crippen LogP contribution in [0.15, 0.2) is 48.5 Å². The topological polar surface area (TPSA) is 49.4 Å². The van der Waals surface area contributed by atoms with Crippen molar-refractivity contribution in [2.45, 2.75) is 39.0 Å². The molecular weight excluding hydrogens is 324 g/mol. The van der Waals surface area contributed by atoms with Crippen LogP contribution in [0.4, 0.5) is 11.4 Å². The fraction of sp³-hybridized carbons (Fsp3) is 0.364. The number of amides is 1. The lowest BCUT2D eigenvalue weighted by Crippen LogP contribution is -2.29. The van der Waals surface area contributed by atoms with Gasteiger partial charge in [0, 0.05) is 36.4 Å². The Labute approximate surface area is 155 Å². The van der Waals surface area contributed by atoms with Gasteiger partial charge in [-0.25, -0.2) is 0 Å². The number of rotatable bonds is 6. The molecule has 1 saturated heterocycles. The predicted molar refractivity (Wildman–Crippen MR) is 106 cm³/mol. The lowest BCUT2D eigenvalue weighted by atomic mass is 10.1. The number of carbonyl (C=O) groups excluding carboxylic acids is 2. The van der Waals surface area contributed by atoms with Gasteiger partial charge < -0.3 is 10.2 Å². The van der Waals surface area contributed by atoms with Gasteiger partial charge in [-0.15, -0.1) is 0 Å². The molecule has 4 heteroatoms. The SMILES string of the molecule is CC(=O)c1ccc(NC(=O)CCc2ccc(N3CCCCC3)cc2)cc1. The summed E-state index contributed by atoms with van der Waals surface area (Å²) in [5.74, 6) is 0.0107. The van der Waals surface area contributed by atoms with Crippen LogP contribution in [0.5, 0.6) is 0 Å². The van der Waals surface area contributed by atoms with E-state index in [1.807, 2.05) is 0 Å². The van der Waals surface area contributed by atoms with Crippen LogP contribution in [0, 0.1) is 0 Å². The lowest BCUT2D eigenvalue weighted by molar-refractivity contribution is -0.116. The van der Waals surface area contributed by atoms with Crippen LogP contribution in [0.1, 0.15) is 48.5 Å². The summed E-state index contributed by atoms with van der Waals surface area (Å²) < 4.78 is 0. The standard InChI is InChI=1S/C22H26N2O2/c1-17(25)19-8-10-20(11-9-19)23-22(26)14-7-18-5-12-21(13-6-18)24-15-3-2-4-16-24/h5-6,8-13H,2-4,7,14-16H2,1H3,(H,23,26). The maximum absolute atomic E-state index is 12.1. The highest BCUT2D eigenvalue weighted by Crippen LogP contribution is 2.20. The van der Waals surface area contributed by atoms with Crippen molar-refractivity contribution in [1.29, 1.82) is 0 Å². The molecule has 2 aromatic rings. The molecule has 1 amide bonds. The van der Waals surface area contributed by atoms with Crippen LogP contribution in [0.25, 0.3) is 0 Å². The number of ketones is 1. The zero-order valence-corrected chi connectivity index (χ0v) is 15.3. The fourth-order valence-electron chi connectivity index (χ4n) is 3.30. The maximum Gasteiger partial charge on any atom is 0.224 e. The summed E-state index contributed by atoms with van der Waals surface area (Å²) in [7, 11) is 0. The van der Waals surface area contributed by atoms with E-state index in [0.717, 1.165) is 25.2 Å². The van der Waals surface area contributed by atoms with E-state index in [1.165, 1.54) is 37.4 Å². The minimum absolute atomic E-state index is 0.0133. The van der Waals surface area contributed by atoms with Crippen LogP contribution in [-0.2, 0) is 11.2 Å². The zero-order valence-electron chi connectivity index (χ0n) is 15.3. The number of carbonyl (C=O) groups is 2. The number of benzene rings is 2. The number of Topliss-reactive ketones (excluding diaryl/α,β-unsaturated/α-hetero) is 1. The number of piperidine rings is 1. The minimum Gasteiger partial charge on any atom is -0.372 e. The van der Waals surface area contributed by atoms with Crippen LogP contribution in [0.2, 0.25) is 0 Å². The van der Waals surface area contributed by atoms with Crippen molar-refractivity contribution in [2.75, 3.05) is 23.3 Å². The number of aryl methyl sites for hydroxylation is 1. The van der Waals surface area contributed by atoms with Crippen molar-refractivity contribution >= 4 is 23.1 Å². The zero-order chi connectivity index (χ0) is 18.4. The van der Waals surface area contributed by atoms with Gasteiger partial charge in [0.1, 0.15) is 0 Å². The van der Waals surface area contributed by atoms with Crippen LogP contribution < -0.4 is 10.2 Å². The molecule has 0 spiro atoms. The van der Waals surface area contributed by atoms with Crippen molar-refractivity contribution in [2.24, 2.45) is 0 Å². The first-order valence-corrected chi connectivity index (χ1v) is 9.36. The van der Waals surface area contributed by atoms with E-state index < -0.39 is 0 Å². The Morgan fingerprint density at radius 2 is 1.58 bits per heavy atom. The number of nitrogens with one attached hydrogen (secondary N) is 1. The quantitative estimate of drug-likeness (QED) is 0.783. The predicted octanol–water partition coefficient (Wildman–Crippen LogP) is 4.45. The van der Waals surface area contributed by atoms with Gasteiger partial charge in [0.25, 0.3) is 0 Å². The minimum atomic E-state index is -0.0133. The molecule has 1 N–H and O–H groups in total. The van der Waals surface area contributed by atoms with Gasteiger partial charge in [0.15, 0.2) is 5.78 Å². The molecular formula is C22H26N2O2. The van der Waals surface area contributed by atoms with E-state index in [1.54, 1.807) is 24.3 Å². The van der Waals surface area contributed by atoms with E-state index in [0.29, 0.717) is 12.0 Å². The molecule has 1 fully saturated rings. The van der Waals surface area contributed by atoms with Crippen molar-refractivity contribution in [3.05, 3.63) is 59.7 Å². The average molecular weight is 350 g/mol. The third-order valence-electron chi connectivity index (χ3n) is 4.87. The van der Waals surface area contributed by atoms with E-state index in [2.05, 4.69) is 34.5 Å². The summed E-state index contributed by atoms with van der Waals surface area (Å²) in [5.41, 5.74) is 3.83. The molecule has 0 atom stereocenters. The molecule has 0 aromatic heterocycles. The van der Waals surface area contributed by atoms with Crippen molar-refractivity contribution < 1.29 is 9.59 Å². The van der Waals surface area contributed by atoms with Gasteiger partial charge in [-0.1, -0.05) is 12.1 Å². The van der Waals surface area contributed by atoms with Gasteiger partial charge >= 0.3 is 0 Å². The second-order valence-corrected chi connectivity index (χ2v) is 6.90. The Kier molecular flexibility index (Phi) is 6.05. The van der Waals surface area contributed by atoms with E-state index in [9.17, 15) is 9.59 Å². The molecule has 0 saturated carbocycles. The molecule has 1 aliphatic heterocycles. The Hall–Kier alpha value is -2.62. The molecule has 0 aliphatic carbocycles. The highest BCUT2D eigenvalue weighted by atomic mass is 16.1. The Balaban J connectivity index is 1.48. The van der Waals surface area contributed by atoms with E-state index >= 15 is 0 Å². The molecule has 0 bridgehead atoms. The number of hydrogen-bond donors (Lipinski definition) is 1. The summed E-state index contributed by atoms with van der Waals surface area (Å²) in [6.07, 6.45) is 5.04. The van der Waals surface area contributed by atoms with Crippen molar-refractivity contribution in [3.63, 3.8) is 0 Å². The number of hydrogen-bond acceptors (Lipinski definition) is 3. The summed E-state index contributed by atoms with van der Waals surface area (Å²) >= 11 is 0. The first-order chi connectivity index (χ1) is 12.6. The van der Waals surface area contributed by atoms with Crippen LogP contribution >= 0.6 is 0 Å². The lowest BCUT2D eigenvalue weighted by Gasteiger charge is -2.28. The molecule has 26 heavy (non-hydrogen) atoms. The second kappa shape index (κ2) is 8.65. The van der Waals surface area contributed by atoms with Gasteiger partial charge in [-0.05, 0) is 74.6 Å². The Morgan fingerprint density at radius 3 is 2.19 bits per heavy atom. The van der Waals surface area contributed by atoms with Gasteiger partial charge in [0.2, 0.25) is 5.91 Å². The molecule has 3 rings (SSSR count). The van der Waals surface area contributed by atoms with Crippen LogP contribution in [0.3, 0.4) is 0 Å². The molecule has 0 unspecified atom stereocenters. The highest BCUT2D eigenvalue weighted by molar-refractivity contribution is 5.95. The molecule has 0 radical (unpaired) electrons. The summed E-state index contributed by atoms with van der Waals surface area (Å²) in [5, 5.41) is 2.88. The maximum atomic E-state index is 12.1. The molecule has 1 heterocycles. The monoisotopic (exact) mass is 350 g/mol. The fourth-order valence-corrected chi connectivity index (χ4v) is 3.30. The smallest absolute Gasteiger partial charge is 0.224 e.